The van der Waals surface area contributed by atoms with Gasteiger partial charge in [-0.2, -0.15) is 5.10 Å². The van der Waals surface area contributed by atoms with Crippen molar-refractivity contribution in [3.63, 3.8) is 0 Å². The van der Waals surface area contributed by atoms with Gasteiger partial charge in [-0.25, -0.2) is 4.52 Å². The van der Waals surface area contributed by atoms with E-state index in [2.05, 4.69) is 9.84 Å². The van der Waals surface area contributed by atoms with Gasteiger partial charge in [-0.3, -0.25) is 0 Å². The van der Waals surface area contributed by atoms with Crippen molar-refractivity contribution in [1.82, 2.24) is 9.61 Å². The molecule has 0 saturated carbocycles. The number of nitrogens with zero attached hydrogens (tertiary/aromatic N) is 2. The molecule has 0 bridgehead atoms. The third kappa shape index (κ3) is 2.83. The topological polar surface area (TPSA) is 35.8 Å². The van der Waals surface area contributed by atoms with Gasteiger partial charge in [0.05, 0.1) is 12.6 Å². The predicted octanol–water partition coefficient (Wildman–Crippen LogP) is 3.91. The minimum atomic E-state index is -4.73. The highest BCUT2D eigenvalue weighted by Crippen LogP contribution is 2.35. The fraction of sp³-hybridized carbons (Fsp3) is 0.133. The number of aromatic nitrogens is 2. The van der Waals surface area contributed by atoms with Crippen LogP contribution in [0.2, 0.25) is 0 Å². The van der Waals surface area contributed by atoms with Crippen LogP contribution in [0.5, 0.6) is 11.5 Å². The lowest BCUT2D eigenvalue weighted by atomic mass is 10.1. The van der Waals surface area contributed by atoms with Gasteiger partial charge in [0, 0.05) is 24.0 Å². The molecule has 0 fully saturated rings. The van der Waals surface area contributed by atoms with Crippen LogP contribution < -0.4 is 9.47 Å². The predicted molar refractivity (Wildman–Crippen MR) is 73.9 cm³/mol. The van der Waals surface area contributed by atoms with Gasteiger partial charge in [-0.15, -0.1) is 13.2 Å². The summed E-state index contributed by atoms with van der Waals surface area (Å²) >= 11 is 0. The largest absolute Gasteiger partial charge is 0.573 e. The van der Waals surface area contributed by atoms with Crippen molar-refractivity contribution in [1.29, 1.82) is 0 Å². The highest BCUT2D eigenvalue weighted by Gasteiger charge is 2.31. The van der Waals surface area contributed by atoms with E-state index in [-0.39, 0.29) is 5.75 Å². The van der Waals surface area contributed by atoms with Crippen molar-refractivity contribution < 1.29 is 22.6 Å². The fourth-order valence-electron chi connectivity index (χ4n) is 2.20. The molecule has 0 spiro atoms. The van der Waals surface area contributed by atoms with Crippen LogP contribution in [0.25, 0.3) is 16.6 Å². The van der Waals surface area contributed by atoms with Crippen LogP contribution in [0.4, 0.5) is 13.2 Å². The highest BCUT2D eigenvalue weighted by molar-refractivity contribution is 5.74. The summed E-state index contributed by atoms with van der Waals surface area (Å²) in [6.45, 7) is 0. The third-order valence-electron chi connectivity index (χ3n) is 3.12. The van der Waals surface area contributed by atoms with Crippen molar-refractivity contribution in [2.45, 2.75) is 6.36 Å². The smallest absolute Gasteiger partial charge is 0.496 e. The number of alkyl halides is 3. The highest BCUT2D eigenvalue weighted by atomic mass is 19.4. The average Bonchev–Trinajstić information content (AvgIpc) is 2.92. The van der Waals surface area contributed by atoms with E-state index in [0.717, 1.165) is 11.1 Å². The van der Waals surface area contributed by atoms with E-state index in [1.54, 1.807) is 16.9 Å². The molecule has 0 N–H and O–H groups in total. The minimum absolute atomic E-state index is 0.297. The van der Waals surface area contributed by atoms with Crippen molar-refractivity contribution in [2.75, 3.05) is 7.11 Å². The first kappa shape index (κ1) is 14.2. The molecule has 0 saturated heterocycles. The molecule has 0 amide bonds. The molecule has 7 heteroatoms. The summed E-state index contributed by atoms with van der Waals surface area (Å²) in [7, 11) is 1.40. The van der Waals surface area contributed by atoms with E-state index in [4.69, 9.17) is 4.74 Å². The lowest BCUT2D eigenvalue weighted by Gasteiger charge is -2.13. The number of pyridine rings is 1. The molecule has 0 aliphatic carbocycles. The molecule has 3 aromatic rings. The quantitative estimate of drug-likeness (QED) is 0.736. The van der Waals surface area contributed by atoms with E-state index in [0.29, 0.717) is 11.3 Å². The fourth-order valence-corrected chi connectivity index (χ4v) is 2.20. The minimum Gasteiger partial charge on any atom is -0.496 e. The second-order valence-electron chi connectivity index (χ2n) is 4.53. The summed E-state index contributed by atoms with van der Waals surface area (Å²) in [4.78, 5) is 0. The van der Waals surface area contributed by atoms with Gasteiger partial charge in [0.2, 0.25) is 0 Å². The van der Waals surface area contributed by atoms with Gasteiger partial charge in [-0.1, -0.05) is 0 Å². The van der Waals surface area contributed by atoms with Gasteiger partial charge < -0.3 is 9.47 Å². The summed E-state index contributed by atoms with van der Waals surface area (Å²) in [5.74, 6) is -0.0239. The molecule has 4 nitrogen and oxygen atoms in total. The first-order valence-corrected chi connectivity index (χ1v) is 6.34. The van der Waals surface area contributed by atoms with Crippen LogP contribution in [-0.4, -0.2) is 23.1 Å². The van der Waals surface area contributed by atoms with Crippen molar-refractivity contribution in [2.24, 2.45) is 0 Å². The number of methoxy groups -OCH3 is 1. The Kier molecular flexibility index (Phi) is 3.40. The van der Waals surface area contributed by atoms with E-state index in [9.17, 15) is 13.2 Å². The molecular formula is C15H11F3N2O2. The zero-order valence-electron chi connectivity index (χ0n) is 11.5. The number of fused-ring (bicyclic) bond motifs is 1. The summed E-state index contributed by atoms with van der Waals surface area (Å²) in [5.41, 5.74) is 2.35. The summed E-state index contributed by atoms with van der Waals surface area (Å²) in [5, 5.41) is 4.09. The molecule has 0 unspecified atom stereocenters. The average molecular weight is 308 g/mol. The first-order valence-electron chi connectivity index (χ1n) is 6.34. The Hall–Kier alpha value is -2.70. The van der Waals surface area contributed by atoms with Gasteiger partial charge in [-0.05, 0) is 35.9 Å². The van der Waals surface area contributed by atoms with Crippen LogP contribution in [0.3, 0.4) is 0 Å². The number of benzene rings is 1. The van der Waals surface area contributed by atoms with Crippen LogP contribution in [0.1, 0.15) is 0 Å². The maximum Gasteiger partial charge on any atom is 0.573 e. The Labute approximate surface area is 123 Å². The van der Waals surface area contributed by atoms with Gasteiger partial charge in [0.15, 0.2) is 0 Å². The Morgan fingerprint density at radius 3 is 2.64 bits per heavy atom. The molecule has 2 aromatic heterocycles. The molecule has 22 heavy (non-hydrogen) atoms. The summed E-state index contributed by atoms with van der Waals surface area (Å²) < 4.78 is 47.6. The lowest BCUT2D eigenvalue weighted by Crippen LogP contribution is -2.17. The van der Waals surface area contributed by atoms with E-state index in [1.165, 1.54) is 25.3 Å². The van der Waals surface area contributed by atoms with E-state index >= 15 is 0 Å². The molecule has 3 rings (SSSR count). The number of hydrogen-bond donors (Lipinski definition) is 0. The number of hydrogen-bond acceptors (Lipinski definition) is 3. The van der Waals surface area contributed by atoms with Crippen molar-refractivity contribution in [3.8, 4) is 22.6 Å². The number of ether oxygens (including phenoxy) is 2. The van der Waals surface area contributed by atoms with Crippen LogP contribution >= 0.6 is 0 Å². The normalized spacial score (nSPS) is 11.6. The molecule has 114 valence electrons. The lowest BCUT2D eigenvalue weighted by molar-refractivity contribution is -0.274. The molecule has 0 radical (unpaired) electrons. The maximum absolute atomic E-state index is 12.3. The Balaban J connectivity index is 2.02. The van der Waals surface area contributed by atoms with Crippen LogP contribution in [-0.2, 0) is 0 Å². The molecule has 0 atom stereocenters. The second-order valence-corrected chi connectivity index (χ2v) is 4.53. The van der Waals surface area contributed by atoms with Gasteiger partial charge in [0.1, 0.15) is 11.5 Å². The molecule has 1 aromatic carbocycles. The standard InChI is InChI=1S/C15H11F3N2O2/c1-21-14-9-12(22-15(16,17)18)2-3-13(14)10-5-7-20-11(8-10)4-6-19-20/h2-9H,1H3. The van der Waals surface area contributed by atoms with Crippen LogP contribution in [0.15, 0.2) is 48.8 Å². The van der Waals surface area contributed by atoms with Crippen molar-refractivity contribution in [3.05, 3.63) is 48.8 Å². The van der Waals surface area contributed by atoms with Crippen LogP contribution in [0, 0.1) is 0 Å². The monoisotopic (exact) mass is 308 g/mol. The molecule has 0 aliphatic rings. The molecule has 0 aliphatic heterocycles. The van der Waals surface area contributed by atoms with E-state index < -0.39 is 6.36 Å². The maximum atomic E-state index is 12.3. The Morgan fingerprint density at radius 2 is 1.91 bits per heavy atom. The van der Waals surface area contributed by atoms with Crippen molar-refractivity contribution >= 4 is 5.52 Å². The third-order valence-corrected chi connectivity index (χ3v) is 3.12. The first-order chi connectivity index (χ1) is 10.5. The van der Waals surface area contributed by atoms with Gasteiger partial charge in [0.25, 0.3) is 0 Å². The zero-order valence-corrected chi connectivity index (χ0v) is 11.5. The summed E-state index contributed by atoms with van der Waals surface area (Å²) in [6, 6.07) is 9.51. The number of halogens is 3. The SMILES string of the molecule is COc1cc(OC(F)(F)F)ccc1-c1ccn2nccc2c1. The van der Waals surface area contributed by atoms with Gasteiger partial charge >= 0.3 is 6.36 Å². The Bertz CT molecular complexity index is 812. The number of rotatable bonds is 3. The van der Waals surface area contributed by atoms with E-state index in [1.807, 2.05) is 18.2 Å². The molecular weight excluding hydrogens is 297 g/mol. The molecule has 2 heterocycles. The summed E-state index contributed by atoms with van der Waals surface area (Å²) in [6.07, 6.45) is -1.30. The zero-order chi connectivity index (χ0) is 15.7. The second kappa shape index (κ2) is 5.25. The Morgan fingerprint density at radius 1 is 1.09 bits per heavy atom.